The maximum Gasteiger partial charge on any atom is 0.322 e. The van der Waals surface area contributed by atoms with Gasteiger partial charge in [0.15, 0.2) is 11.7 Å². The molecule has 3 rings (SSSR count). The number of nitrogens with one attached hydrogen (secondary N) is 1. The summed E-state index contributed by atoms with van der Waals surface area (Å²) in [6.45, 7) is 0.407. The molecule has 1 aromatic rings. The zero-order valence-corrected chi connectivity index (χ0v) is 16.8. The van der Waals surface area contributed by atoms with Crippen molar-refractivity contribution >= 4 is 23.6 Å². The van der Waals surface area contributed by atoms with E-state index >= 15 is 0 Å². The molecule has 1 saturated carbocycles. The van der Waals surface area contributed by atoms with Gasteiger partial charge in [-0.25, -0.2) is 0 Å². The fraction of sp³-hybridized carbons (Fsp3) is 0.524. The van der Waals surface area contributed by atoms with Gasteiger partial charge < -0.3 is 24.8 Å². The van der Waals surface area contributed by atoms with Crippen LogP contribution in [0.15, 0.2) is 24.3 Å². The molecule has 0 aromatic heterocycles. The van der Waals surface area contributed by atoms with Crippen LogP contribution in [-0.4, -0.2) is 66.5 Å². The van der Waals surface area contributed by atoms with Crippen LogP contribution >= 0.6 is 0 Å². The molecule has 2 N–H and O–H groups in total. The lowest BCUT2D eigenvalue weighted by Crippen LogP contribution is -2.57. The van der Waals surface area contributed by atoms with E-state index in [-0.39, 0.29) is 19.6 Å². The van der Waals surface area contributed by atoms with Gasteiger partial charge in [-0.1, -0.05) is 12.1 Å². The number of carboxylic acid groups (broad SMARTS) is 1. The summed E-state index contributed by atoms with van der Waals surface area (Å²) in [5.74, 6) is -3.47. The summed E-state index contributed by atoms with van der Waals surface area (Å²) in [5, 5.41) is 10.8. The normalized spacial score (nSPS) is 21.4. The predicted molar refractivity (Wildman–Crippen MR) is 105 cm³/mol. The van der Waals surface area contributed by atoms with E-state index in [1.165, 1.54) is 24.9 Å². The number of amides is 2. The van der Waals surface area contributed by atoms with Crippen molar-refractivity contribution in [1.29, 1.82) is 0 Å². The summed E-state index contributed by atoms with van der Waals surface area (Å²) in [6.07, 6.45) is 2.37. The molecular formula is C21H26N2O7. The Bertz CT molecular complexity index is 804. The van der Waals surface area contributed by atoms with E-state index in [1.54, 1.807) is 0 Å². The molecule has 2 fully saturated rings. The Balaban J connectivity index is 1.70. The molecule has 162 valence electrons. The molecule has 9 nitrogen and oxygen atoms in total. The van der Waals surface area contributed by atoms with Crippen molar-refractivity contribution in [3.05, 3.63) is 29.8 Å². The number of aliphatic carboxylic acids is 1. The summed E-state index contributed by atoms with van der Waals surface area (Å²) >= 11 is 0. The first-order chi connectivity index (χ1) is 14.4. The SMILES string of the molecule is COC[C@@H]1CC(=O)C(C(=O)NCC(=O)O)C(=O)N1Cc1ccc(OCC2CC2)cc1. The Morgan fingerprint density at radius 2 is 1.87 bits per heavy atom. The van der Waals surface area contributed by atoms with Gasteiger partial charge in [-0.2, -0.15) is 0 Å². The first-order valence-corrected chi connectivity index (χ1v) is 9.92. The van der Waals surface area contributed by atoms with Gasteiger partial charge in [-0.05, 0) is 36.5 Å². The highest BCUT2D eigenvalue weighted by Crippen LogP contribution is 2.30. The van der Waals surface area contributed by atoms with Gasteiger partial charge in [0.25, 0.3) is 0 Å². The van der Waals surface area contributed by atoms with Crippen molar-refractivity contribution in [2.24, 2.45) is 11.8 Å². The number of Topliss-reactive ketones (excluding diaryl/α,β-unsaturated/α-hetero) is 1. The number of rotatable bonds is 10. The third kappa shape index (κ3) is 5.56. The summed E-state index contributed by atoms with van der Waals surface area (Å²) in [4.78, 5) is 49.8. The van der Waals surface area contributed by atoms with Crippen LogP contribution in [0.25, 0.3) is 0 Å². The molecule has 0 bridgehead atoms. The van der Waals surface area contributed by atoms with Gasteiger partial charge in [-0.15, -0.1) is 0 Å². The quantitative estimate of drug-likeness (QED) is 0.534. The highest BCUT2D eigenvalue weighted by Gasteiger charge is 2.45. The van der Waals surface area contributed by atoms with Gasteiger partial charge in [-0.3, -0.25) is 19.2 Å². The number of carboxylic acids is 1. The molecule has 2 amide bonds. The minimum absolute atomic E-state index is 0.0344. The van der Waals surface area contributed by atoms with Crippen molar-refractivity contribution in [1.82, 2.24) is 10.2 Å². The van der Waals surface area contributed by atoms with Gasteiger partial charge in [0.1, 0.15) is 12.3 Å². The first-order valence-electron chi connectivity index (χ1n) is 9.92. The van der Waals surface area contributed by atoms with Crippen LogP contribution in [0.2, 0.25) is 0 Å². The molecule has 30 heavy (non-hydrogen) atoms. The second-order valence-electron chi connectivity index (χ2n) is 7.69. The van der Waals surface area contributed by atoms with E-state index in [0.29, 0.717) is 12.5 Å². The maximum absolute atomic E-state index is 13.0. The Hall–Kier alpha value is -2.94. The van der Waals surface area contributed by atoms with Crippen molar-refractivity contribution in [2.75, 3.05) is 26.9 Å². The molecule has 0 radical (unpaired) electrons. The third-order valence-corrected chi connectivity index (χ3v) is 5.22. The molecule has 2 atom stereocenters. The molecule has 1 unspecified atom stereocenters. The number of piperidine rings is 1. The number of benzene rings is 1. The third-order valence-electron chi connectivity index (χ3n) is 5.22. The first kappa shape index (κ1) is 21.8. The van der Waals surface area contributed by atoms with Crippen LogP contribution in [0.5, 0.6) is 5.75 Å². The average molecular weight is 418 g/mol. The van der Waals surface area contributed by atoms with Crippen LogP contribution in [0, 0.1) is 11.8 Å². The van der Waals surface area contributed by atoms with Crippen LogP contribution in [0.3, 0.4) is 0 Å². The fourth-order valence-corrected chi connectivity index (χ4v) is 3.40. The maximum atomic E-state index is 13.0. The van der Waals surface area contributed by atoms with E-state index in [2.05, 4.69) is 5.32 Å². The van der Waals surface area contributed by atoms with Crippen LogP contribution in [-0.2, 0) is 30.5 Å². The van der Waals surface area contributed by atoms with E-state index in [9.17, 15) is 19.2 Å². The molecule has 1 aliphatic carbocycles. The number of nitrogens with zero attached hydrogens (tertiary/aromatic N) is 1. The smallest absolute Gasteiger partial charge is 0.322 e. The number of carbonyl (C=O) groups excluding carboxylic acids is 3. The molecule has 1 heterocycles. The van der Waals surface area contributed by atoms with Crippen LogP contribution < -0.4 is 10.1 Å². The van der Waals surface area contributed by atoms with Gasteiger partial charge in [0.05, 0.1) is 19.3 Å². The van der Waals surface area contributed by atoms with Crippen LogP contribution in [0.4, 0.5) is 0 Å². The Morgan fingerprint density at radius 3 is 2.47 bits per heavy atom. The Kier molecular flexibility index (Phi) is 7.04. The zero-order valence-electron chi connectivity index (χ0n) is 16.8. The summed E-state index contributed by atoms with van der Waals surface area (Å²) in [6, 6.07) is 6.86. The average Bonchev–Trinajstić information content (AvgIpc) is 3.53. The predicted octanol–water partition coefficient (Wildman–Crippen LogP) is 0.609. The number of ether oxygens (including phenoxy) is 2. The molecule has 2 aliphatic rings. The van der Waals surface area contributed by atoms with Crippen molar-refractivity contribution in [2.45, 2.75) is 31.8 Å². The molecule has 1 aromatic carbocycles. The number of methoxy groups -OCH3 is 1. The fourth-order valence-electron chi connectivity index (χ4n) is 3.40. The zero-order chi connectivity index (χ0) is 21.7. The topological polar surface area (TPSA) is 122 Å². The monoisotopic (exact) mass is 418 g/mol. The van der Waals surface area contributed by atoms with Crippen molar-refractivity contribution in [3.8, 4) is 5.75 Å². The van der Waals surface area contributed by atoms with Crippen molar-refractivity contribution in [3.63, 3.8) is 0 Å². The minimum atomic E-state index is -1.54. The lowest BCUT2D eigenvalue weighted by molar-refractivity contribution is -0.156. The van der Waals surface area contributed by atoms with E-state index < -0.39 is 42.1 Å². The molecule has 0 spiro atoms. The lowest BCUT2D eigenvalue weighted by Gasteiger charge is -2.37. The Labute approximate surface area is 174 Å². The summed E-state index contributed by atoms with van der Waals surface area (Å²) in [5.41, 5.74) is 0.822. The summed E-state index contributed by atoms with van der Waals surface area (Å²) < 4.78 is 10.9. The van der Waals surface area contributed by atoms with Crippen LogP contribution in [0.1, 0.15) is 24.8 Å². The number of ketones is 1. The second-order valence-corrected chi connectivity index (χ2v) is 7.69. The van der Waals surface area contributed by atoms with E-state index in [0.717, 1.165) is 11.3 Å². The minimum Gasteiger partial charge on any atom is -0.493 e. The second kappa shape index (κ2) is 9.71. The van der Waals surface area contributed by atoms with Gasteiger partial charge >= 0.3 is 5.97 Å². The summed E-state index contributed by atoms with van der Waals surface area (Å²) in [7, 11) is 1.48. The molecular weight excluding hydrogens is 392 g/mol. The molecule has 1 aliphatic heterocycles. The highest BCUT2D eigenvalue weighted by molar-refractivity contribution is 6.19. The number of hydrogen-bond acceptors (Lipinski definition) is 6. The number of hydrogen-bond donors (Lipinski definition) is 2. The number of carbonyl (C=O) groups is 4. The number of likely N-dealkylation sites (tertiary alicyclic amines) is 1. The van der Waals surface area contributed by atoms with E-state index in [1.807, 2.05) is 24.3 Å². The van der Waals surface area contributed by atoms with Gasteiger partial charge in [0, 0.05) is 20.1 Å². The largest absolute Gasteiger partial charge is 0.493 e. The van der Waals surface area contributed by atoms with Crippen molar-refractivity contribution < 1.29 is 33.8 Å². The van der Waals surface area contributed by atoms with E-state index in [4.69, 9.17) is 14.6 Å². The molecule has 9 heteroatoms. The lowest BCUT2D eigenvalue weighted by atomic mass is 9.89. The van der Waals surface area contributed by atoms with Gasteiger partial charge in [0.2, 0.25) is 11.8 Å². The highest BCUT2D eigenvalue weighted by atomic mass is 16.5. The molecule has 1 saturated heterocycles. The Morgan fingerprint density at radius 1 is 1.17 bits per heavy atom. The standard InChI is InChI=1S/C21H26N2O7/c1-29-12-15-8-17(24)19(20(27)22-9-18(25)26)21(28)23(15)10-13-4-6-16(7-5-13)30-11-14-2-3-14/h4-7,14-15,19H,2-3,8-12H2,1H3,(H,22,27)(H,25,26)/t15-,19?/m0/s1.